The van der Waals surface area contributed by atoms with Crippen molar-refractivity contribution in [1.82, 2.24) is 0 Å². The Morgan fingerprint density at radius 2 is 1.65 bits per heavy atom. The van der Waals surface area contributed by atoms with Crippen LogP contribution in [0.1, 0.15) is 72.6 Å². The Kier molecular flexibility index (Phi) is 11.1. The fourth-order valence-electron chi connectivity index (χ4n) is 2.14. The maximum absolute atomic E-state index is 11.7. The second kappa shape index (κ2) is 11.7. The summed E-state index contributed by atoms with van der Waals surface area (Å²) in [5.74, 6) is -0.0439. The molecule has 0 radical (unpaired) electrons. The molecule has 0 aromatic carbocycles. The highest BCUT2D eigenvalue weighted by Gasteiger charge is 2.19. The highest BCUT2D eigenvalue weighted by atomic mass is 16.5. The summed E-state index contributed by atoms with van der Waals surface area (Å²) in [6.07, 6.45) is 4.89. The van der Waals surface area contributed by atoms with Crippen molar-refractivity contribution in [1.29, 1.82) is 0 Å². The Morgan fingerprint density at radius 3 is 2.20 bits per heavy atom. The topological polar surface area (TPSA) is 52.6 Å². The number of rotatable bonds is 11. The Labute approximate surface area is 123 Å². The molecule has 0 saturated carbocycles. The van der Waals surface area contributed by atoms with Crippen LogP contribution >= 0.6 is 0 Å². The molecule has 20 heavy (non-hydrogen) atoms. The van der Waals surface area contributed by atoms with Crippen LogP contribution in [-0.2, 0) is 19.1 Å². The number of hydrogen-bond donors (Lipinski definition) is 0. The van der Waals surface area contributed by atoms with Gasteiger partial charge in [-0.2, -0.15) is 0 Å². The van der Waals surface area contributed by atoms with Crippen LogP contribution in [-0.4, -0.2) is 24.6 Å². The predicted octanol–water partition coefficient (Wildman–Crippen LogP) is 3.87. The van der Waals surface area contributed by atoms with E-state index in [1.54, 1.807) is 0 Å². The van der Waals surface area contributed by atoms with Crippen molar-refractivity contribution in [2.75, 3.05) is 6.61 Å². The fourth-order valence-corrected chi connectivity index (χ4v) is 2.14. The van der Waals surface area contributed by atoms with E-state index in [0.717, 1.165) is 25.7 Å². The molecule has 118 valence electrons. The lowest BCUT2D eigenvalue weighted by Gasteiger charge is -2.22. The zero-order valence-electron chi connectivity index (χ0n) is 13.4. The number of carbonyl (C=O) groups is 2. The van der Waals surface area contributed by atoms with Crippen molar-refractivity contribution >= 4 is 11.9 Å². The third kappa shape index (κ3) is 8.94. The summed E-state index contributed by atoms with van der Waals surface area (Å²) in [4.78, 5) is 23.0. The fraction of sp³-hybridized carbons (Fsp3) is 0.875. The van der Waals surface area contributed by atoms with Gasteiger partial charge in [-0.15, -0.1) is 0 Å². The second-order valence-electron chi connectivity index (χ2n) is 5.28. The lowest BCUT2D eigenvalue weighted by Crippen LogP contribution is -2.24. The minimum absolute atomic E-state index is 0.00510. The molecule has 0 saturated heterocycles. The molecule has 0 aromatic rings. The molecule has 0 bridgehead atoms. The smallest absolute Gasteiger partial charge is 0.306 e. The molecule has 0 N–H and O–H groups in total. The first kappa shape index (κ1) is 18.9. The molecule has 2 atom stereocenters. The molecule has 0 aliphatic heterocycles. The van der Waals surface area contributed by atoms with Crippen molar-refractivity contribution in [3.05, 3.63) is 0 Å². The van der Waals surface area contributed by atoms with Crippen LogP contribution in [0.4, 0.5) is 0 Å². The lowest BCUT2D eigenvalue weighted by molar-refractivity contribution is -0.152. The van der Waals surface area contributed by atoms with Gasteiger partial charge in [0.2, 0.25) is 0 Å². The van der Waals surface area contributed by atoms with Crippen molar-refractivity contribution in [3.63, 3.8) is 0 Å². The largest absolute Gasteiger partial charge is 0.466 e. The molecule has 0 aromatic heterocycles. The van der Waals surface area contributed by atoms with Crippen molar-refractivity contribution in [2.24, 2.45) is 5.92 Å². The van der Waals surface area contributed by atoms with Gasteiger partial charge in [0, 0.05) is 12.8 Å². The Bertz CT molecular complexity index is 276. The summed E-state index contributed by atoms with van der Waals surface area (Å²) in [5, 5.41) is 0. The van der Waals surface area contributed by atoms with E-state index in [2.05, 4.69) is 13.8 Å². The molecule has 0 amide bonds. The zero-order chi connectivity index (χ0) is 15.4. The predicted molar refractivity (Wildman–Crippen MR) is 79.3 cm³/mol. The van der Waals surface area contributed by atoms with E-state index >= 15 is 0 Å². The molecule has 0 spiro atoms. The van der Waals surface area contributed by atoms with Crippen LogP contribution in [0.25, 0.3) is 0 Å². The molecule has 2 unspecified atom stereocenters. The molecule has 4 nitrogen and oxygen atoms in total. The van der Waals surface area contributed by atoms with Crippen LogP contribution in [0.5, 0.6) is 0 Å². The molecule has 0 rings (SSSR count). The minimum Gasteiger partial charge on any atom is -0.466 e. The number of esters is 2. The molecule has 4 heteroatoms. The average Bonchev–Trinajstić information content (AvgIpc) is 2.42. The molecule has 0 aliphatic carbocycles. The molecule has 0 heterocycles. The van der Waals surface area contributed by atoms with Gasteiger partial charge in [-0.1, -0.05) is 34.1 Å². The standard InChI is InChI=1S/C16H30O4/c1-5-9-13(4)14(7-3)20-16(18)11-8-10-15(17)19-12-6-2/h13-14H,5-12H2,1-4H3. The SMILES string of the molecule is CCCOC(=O)CCCC(=O)OC(CC)C(C)CCC. The van der Waals surface area contributed by atoms with E-state index < -0.39 is 0 Å². The van der Waals surface area contributed by atoms with E-state index in [1.165, 1.54) is 0 Å². The third-order valence-electron chi connectivity index (χ3n) is 3.29. The van der Waals surface area contributed by atoms with Crippen LogP contribution in [0.2, 0.25) is 0 Å². The number of carbonyl (C=O) groups excluding carboxylic acids is 2. The summed E-state index contributed by atoms with van der Waals surface area (Å²) in [6.45, 7) is 8.69. The van der Waals surface area contributed by atoms with Crippen LogP contribution in [0.15, 0.2) is 0 Å². The number of ether oxygens (including phenoxy) is 2. The highest BCUT2D eigenvalue weighted by Crippen LogP contribution is 2.17. The maximum Gasteiger partial charge on any atom is 0.306 e. The van der Waals surface area contributed by atoms with E-state index in [-0.39, 0.29) is 30.9 Å². The van der Waals surface area contributed by atoms with Gasteiger partial charge in [0.1, 0.15) is 6.10 Å². The second-order valence-corrected chi connectivity index (χ2v) is 5.28. The van der Waals surface area contributed by atoms with Gasteiger partial charge in [-0.3, -0.25) is 9.59 Å². The summed E-state index contributed by atoms with van der Waals surface area (Å²) < 4.78 is 10.4. The van der Waals surface area contributed by atoms with Gasteiger partial charge in [0.15, 0.2) is 0 Å². The molecule has 0 fully saturated rings. The summed E-state index contributed by atoms with van der Waals surface area (Å²) in [5.41, 5.74) is 0. The Hall–Kier alpha value is -1.06. The highest BCUT2D eigenvalue weighted by molar-refractivity contribution is 5.72. The quantitative estimate of drug-likeness (QED) is 0.541. The summed E-state index contributed by atoms with van der Waals surface area (Å²) in [6, 6.07) is 0. The van der Waals surface area contributed by atoms with Crippen molar-refractivity contribution in [2.45, 2.75) is 78.7 Å². The molecule has 0 aliphatic rings. The van der Waals surface area contributed by atoms with Crippen LogP contribution < -0.4 is 0 Å². The van der Waals surface area contributed by atoms with E-state index in [0.29, 0.717) is 18.9 Å². The first-order valence-corrected chi connectivity index (χ1v) is 7.90. The Morgan fingerprint density at radius 1 is 1.00 bits per heavy atom. The van der Waals surface area contributed by atoms with Gasteiger partial charge >= 0.3 is 11.9 Å². The van der Waals surface area contributed by atoms with Crippen LogP contribution in [0.3, 0.4) is 0 Å². The van der Waals surface area contributed by atoms with Crippen LogP contribution in [0, 0.1) is 5.92 Å². The van der Waals surface area contributed by atoms with Gasteiger partial charge < -0.3 is 9.47 Å². The zero-order valence-corrected chi connectivity index (χ0v) is 13.4. The van der Waals surface area contributed by atoms with Gasteiger partial charge in [0.05, 0.1) is 6.61 Å². The first-order chi connectivity index (χ1) is 9.54. The van der Waals surface area contributed by atoms with E-state index in [1.807, 2.05) is 13.8 Å². The third-order valence-corrected chi connectivity index (χ3v) is 3.29. The normalized spacial score (nSPS) is 13.6. The van der Waals surface area contributed by atoms with E-state index in [9.17, 15) is 9.59 Å². The minimum atomic E-state index is -0.231. The Balaban J connectivity index is 3.88. The summed E-state index contributed by atoms with van der Waals surface area (Å²) in [7, 11) is 0. The average molecular weight is 286 g/mol. The number of hydrogen-bond acceptors (Lipinski definition) is 4. The van der Waals surface area contributed by atoms with Gasteiger partial charge in [-0.25, -0.2) is 0 Å². The molecular formula is C16H30O4. The summed E-state index contributed by atoms with van der Waals surface area (Å²) >= 11 is 0. The van der Waals surface area contributed by atoms with E-state index in [4.69, 9.17) is 9.47 Å². The maximum atomic E-state index is 11.7. The lowest BCUT2D eigenvalue weighted by atomic mass is 9.97. The molecular weight excluding hydrogens is 256 g/mol. The van der Waals surface area contributed by atoms with Crippen molar-refractivity contribution in [3.8, 4) is 0 Å². The monoisotopic (exact) mass is 286 g/mol. The van der Waals surface area contributed by atoms with Crippen molar-refractivity contribution < 1.29 is 19.1 Å². The van der Waals surface area contributed by atoms with Gasteiger partial charge in [0.25, 0.3) is 0 Å². The first-order valence-electron chi connectivity index (χ1n) is 7.90. The van der Waals surface area contributed by atoms with Gasteiger partial charge in [-0.05, 0) is 31.6 Å².